The second-order valence-electron chi connectivity index (χ2n) is 5.29. The summed E-state index contributed by atoms with van der Waals surface area (Å²) >= 11 is 0. The lowest BCUT2D eigenvalue weighted by Gasteiger charge is -2.18. The third-order valence-electron chi connectivity index (χ3n) is 3.71. The third-order valence-corrected chi connectivity index (χ3v) is 3.71. The molecule has 0 aliphatic carbocycles. The van der Waals surface area contributed by atoms with E-state index in [0.717, 1.165) is 0 Å². The molecule has 0 fully saturated rings. The molecule has 0 saturated heterocycles. The summed E-state index contributed by atoms with van der Waals surface area (Å²) in [5.74, 6) is -1.66. The fourth-order valence-corrected chi connectivity index (χ4v) is 2.24. The molecule has 0 aliphatic rings. The maximum atomic E-state index is 12.2. The second-order valence-corrected chi connectivity index (χ2v) is 5.29. The Labute approximate surface area is 142 Å². The first kappa shape index (κ1) is 19.4. The highest BCUT2D eigenvalue weighted by Crippen LogP contribution is 2.09. The van der Waals surface area contributed by atoms with Crippen molar-refractivity contribution in [1.29, 1.82) is 0 Å². The smallest absolute Gasteiger partial charge is 0.326 e. The van der Waals surface area contributed by atoms with E-state index in [-0.39, 0.29) is 12.3 Å². The second kappa shape index (κ2) is 9.50. The molecule has 0 bridgehead atoms. The number of carboxylic acid groups (broad SMARTS) is 1. The van der Waals surface area contributed by atoms with E-state index in [9.17, 15) is 14.4 Å². The Hall–Kier alpha value is -2.63. The topological polar surface area (TPSA) is 86.7 Å². The largest absolute Gasteiger partial charge is 0.480 e. The van der Waals surface area contributed by atoms with Crippen molar-refractivity contribution in [2.75, 3.05) is 13.1 Å². The van der Waals surface area contributed by atoms with Gasteiger partial charge in [-0.3, -0.25) is 9.59 Å². The molecule has 6 heteroatoms. The highest BCUT2D eigenvalue weighted by molar-refractivity contribution is 5.99. The van der Waals surface area contributed by atoms with Crippen molar-refractivity contribution in [3.8, 4) is 0 Å². The van der Waals surface area contributed by atoms with E-state index in [1.807, 2.05) is 13.8 Å². The van der Waals surface area contributed by atoms with Crippen molar-refractivity contribution in [1.82, 2.24) is 10.2 Å². The van der Waals surface area contributed by atoms with E-state index in [1.165, 1.54) is 12.1 Å². The van der Waals surface area contributed by atoms with Crippen LogP contribution in [0.4, 0.5) is 0 Å². The average molecular weight is 332 g/mol. The number of benzene rings is 1. The van der Waals surface area contributed by atoms with Gasteiger partial charge in [0.2, 0.25) is 0 Å². The van der Waals surface area contributed by atoms with Crippen LogP contribution >= 0.6 is 0 Å². The normalized spacial score (nSPS) is 11.4. The van der Waals surface area contributed by atoms with Crippen LogP contribution in [-0.4, -0.2) is 46.9 Å². The molecular weight excluding hydrogens is 308 g/mol. The van der Waals surface area contributed by atoms with E-state index < -0.39 is 17.9 Å². The first-order chi connectivity index (χ1) is 11.4. The molecule has 0 radical (unpaired) electrons. The molecule has 1 atom stereocenters. The highest BCUT2D eigenvalue weighted by Gasteiger charge is 2.20. The number of carbonyl (C=O) groups excluding carboxylic acids is 2. The van der Waals surface area contributed by atoms with Crippen LogP contribution in [0.15, 0.2) is 36.9 Å². The lowest BCUT2D eigenvalue weighted by molar-refractivity contribution is -0.139. The van der Waals surface area contributed by atoms with Gasteiger partial charge in [0.15, 0.2) is 0 Å². The Morgan fingerprint density at radius 3 is 2.17 bits per heavy atom. The Balaban J connectivity index is 2.80. The number of hydrogen-bond donors (Lipinski definition) is 2. The quantitative estimate of drug-likeness (QED) is 0.680. The predicted octanol–water partition coefficient (Wildman–Crippen LogP) is 2.32. The van der Waals surface area contributed by atoms with Crippen molar-refractivity contribution in [2.45, 2.75) is 32.7 Å². The standard InChI is InChI=1S/C18H24N2O4/c1-4-7-8-15(18(23)24)19-16(21)13-9-11-14(12-10-13)17(22)20(5-2)6-3/h4,9-12,15H,1,5-8H2,2-3H3,(H,19,21)(H,23,24). The summed E-state index contributed by atoms with van der Waals surface area (Å²) < 4.78 is 0. The van der Waals surface area contributed by atoms with E-state index in [1.54, 1.807) is 23.1 Å². The molecule has 1 aromatic rings. The number of nitrogens with one attached hydrogen (secondary N) is 1. The number of nitrogens with zero attached hydrogens (tertiary/aromatic N) is 1. The fourth-order valence-electron chi connectivity index (χ4n) is 2.24. The molecule has 0 spiro atoms. The lowest BCUT2D eigenvalue weighted by atomic mass is 10.1. The van der Waals surface area contributed by atoms with Gasteiger partial charge >= 0.3 is 5.97 Å². The average Bonchev–Trinajstić information content (AvgIpc) is 2.59. The number of carboxylic acids is 1. The van der Waals surface area contributed by atoms with Crippen LogP contribution in [-0.2, 0) is 4.79 Å². The van der Waals surface area contributed by atoms with Gasteiger partial charge in [0.25, 0.3) is 11.8 Å². The van der Waals surface area contributed by atoms with Gasteiger partial charge in [-0.15, -0.1) is 6.58 Å². The van der Waals surface area contributed by atoms with E-state index in [0.29, 0.717) is 30.6 Å². The maximum absolute atomic E-state index is 12.2. The summed E-state index contributed by atoms with van der Waals surface area (Å²) in [6, 6.07) is 5.24. The molecule has 0 aliphatic heterocycles. The van der Waals surface area contributed by atoms with Gasteiger partial charge in [0, 0.05) is 24.2 Å². The maximum Gasteiger partial charge on any atom is 0.326 e. The zero-order valence-corrected chi connectivity index (χ0v) is 14.1. The van der Waals surface area contributed by atoms with Gasteiger partial charge in [-0.25, -0.2) is 4.79 Å². The van der Waals surface area contributed by atoms with Crippen LogP contribution < -0.4 is 5.32 Å². The number of amides is 2. The minimum absolute atomic E-state index is 0.0960. The van der Waals surface area contributed by atoms with Gasteiger partial charge in [0.05, 0.1) is 0 Å². The SMILES string of the molecule is C=CCCC(NC(=O)c1ccc(C(=O)N(CC)CC)cc1)C(=O)O. The number of allylic oxidation sites excluding steroid dienone is 1. The zero-order valence-electron chi connectivity index (χ0n) is 14.1. The molecule has 1 aromatic carbocycles. The van der Waals surface area contributed by atoms with Crippen LogP contribution in [0.1, 0.15) is 47.4 Å². The third kappa shape index (κ3) is 5.22. The fraction of sp³-hybridized carbons (Fsp3) is 0.389. The molecule has 2 N–H and O–H groups in total. The molecule has 6 nitrogen and oxygen atoms in total. The summed E-state index contributed by atoms with van der Waals surface area (Å²) in [6.45, 7) is 8.57. The summed E-state index contributed by atoms with van der Waals surface area (Å²) in [6.07, 6.45) is 2.38. The van der Waals surface area contributed by atoms with Crippen molar-refractivity contribution in [2.24, 2.45) is 0 Å². The molecule has 1 rings (SSSR count). The van der Waals surface area contributed by atoms with Gasteiger partial charge in [0.1, 0.15) is 6.04 Å². The number of rotatable bonds is 9. The monoisotopic (exact) mass is 332 g/mol. The van der Waals surface area contributed by atoms with Crippen molar-refractivity contribution < 1.29 is 19.5 Å². The lowest BCUT2D eigenvalue weighted by Crippen LogP contribution is -2.40. The first-order valence-corrected chi connectivity index (χ1v) is 7.98. The number of hydrogen-bond acceptors (Lipinski definition) is 3. The Bertz CT molecular complexity index is 592. The number of aliphatic carboxylic acids is 1. The summed E-state index contributed by atoms with van der Waals surface area (Å²) in [5.41, 5.74) is 0.813. The van der Waals surface area contributed by atoms with Crippen LogP contribution in [0.3, 0.4) is 0 Å². The zero-order chi connectivity index (χ0) is 18.1. The van der Waals surface area contributed by atoms with Crippen LogP contribution in [0.25, 0.3) is 0 Å². The molecule has 0 aromatic heterocycles. The minimum atomic E-state index is -1.08. The summed E-state index contributed by atoms with van der Waals surface area (Å²) in [5, 5.41) is 11.6. The highest BCUT2D eigenvalue weighted by atomic mass is 16.4. The summed E-state index contributed by atoms with van der Waals surface area (Å²) in [7, 11) is 0. The van der Waals surface area contributed by atoms with Gasteiger partial charge in [-0.1, -0.05) is 6.08 Å². The summed E-state index contributed by atoms with van der Waals surface area (Å²) in [4.78, 5) is 37.2. The predicted molar refractivity (Wildman–Crippen MR) is 92.0 cm³/mol. The van der Waals surface area contributed by atoms with Crippen molar-refractivity contribution in [3.05, 3.63) is 48.0 Å². The van der Waals surface area contributed by atoms with Crippen LogP contribution in [0.2, 0.25) is 0 Å². The van der Waals surface area contributed by atoms with Crippen molar-refractivity contribution >= 4 is 17.8 Å². The van der Waals surface area contributed by atoms with Crippen molar-refractivity contribution in [3.63, 3.8) is 0 Å². The molecule has 130 valence electrons. The number of carbonyl (C=O) groups is 3. The Morgan fingerprint density at radius 1 is 1.17 bits per heavy atom. The molecule has 24 heavy (non-hydrogen) atoms. The minimum Gasteiger partial charge on any atom is -0.480 e. The van der Waals surface area contributed by atoms with Gasteiger partial charge < -0.3 is 15.3 Å². The van der Waals surface area contributed by atoms with Crippen LogP contribution in [0, 0.1) is 0 Å². The van der Waals surface area contributed by atoms with E-state index >= 15 is 0 Å². The Morgan fingerprint density at radius 2 is 1.71 bits per heavy atom. The van der Waals surface area contributed by atoms with Gasteiger partial charge in [-0.2, -0.15) is 0 Å². The molecule has 1 unspecified atom stereocenters. The molecule has 0 heterocycles. The molecule has 2 amide bonds. The van der Waals surface area contributed by atoms with E-state index in [2.05, 4.69) is 11.9 Å². The molecular formula is C18H24N2O4. The first-order valence-electron chi connectivity index (χ1n) is 7.98. The van der Waals surface area contributed by atoms with Crippen LogP contribution in [0.5, 0.6) is 0 Å². The van der Waals surface area contributed by atoms with Gasteiger partial charge in [-0.05, 0) is 51.0 Å². The molecule has 0 saturated carbocycles. The Kier molecular flexibility index (Phi) is 7.68. The van der Waals surface area contributed by atoms with E-state index in [4.69, 9.17) is 5.11 Å².